The Kier molecular flexibility index (Phi) is 5.37. The molecule has 0 unspecified atom stereocenters. The van der Waals surface area contributed by atoms with Gasteiger partial charge in [-0.05, 0) is 29.7 Å². The van der Waals surface area contributed by atoms with Crippen LogP contribution in [0.15, 0.2) is 42.5 Å². The number of nitrogens with zero attached hydrogens (tertiary/aromatic N) is 1. The minimum absolute atomic E-state index is 0.110. The van der Waals surface area contributed by atoms with Crippen LogP contribution in [0.25, 0.3) is 0 Å². The van der Waals surface area contributed by atoms with Crippen molar-refractivity contribution < 1.29 is 19.1 Å². The molecule has 2 aliphatic heterocycles. The van der Waals surface area contributed by atoms with Gasteiger partial charge in [-0.25, -0.2) is 4.79 Å². The summed E-state index contributed by atoms with van der Waals surface area (Å²) in [4.78, 5) is 27.4. The van der Waals surface area contributed by atoms with Gasteiger partial charge in [0.1, 0.15) is 5.54 Å². The van der Waals surface area contributed by atoms with Crippen LogP contribution in [-0.2, 0) is 16.9 Å². The standard InChI is InChI=1S/C22H23ClN2O4/c1-2-9-22(16-7-4-3-5-8-16)20(26)25(21(27)24-22)14-15-12-17(23)19-18(13-15)28-10-6-11-29-19/h3-5,7-8,12-13H,2,6,9-11,14H2,1H3,(H,24,27)/t22-/m1/s1. The topological polar surface area (TPSA) is 67.9 Å². The fourth-order valence-corrected chi connectivity index (χ4v) is 4.22. The summed E-state index contributed by atoms with van der Waals surface area (Å²) >= 11 is 6.37. The van der Waals surface area contributed by atoms with Gasteiger partial charge < -0.3 is 14.8 Å². The lowest BCUT2D eigenvalue weighted by atomic mass is 9.85. The minimum atomic E-state index is -1.04. The molecule has 2 aromatic rings. The van der Waals surface area contributed by atoms with Gasteiger partial charge in [-0.3, -0.25) is 9.69 Å². The average Bonchev–Trinajstić information content (AvgIpc) is 2.88. The molecule has 29 heavy (non-hydrogen) atoms. The third-order valence-electron chi connectivity index (χ3n) is 5.27. The normalized spacial score (nSPS) is 21.1. The first-order chi connectivity index (χ1) is 14.0. The monoisotopic (exact) mass is 414 g/mol. The lowest BCUT2D eigenvalue weighted by molar-refractivity contribution is -0.132. The van der Waals surface area contributed by atoms with Crippen molar-refractivity contribution >= 4 is 23.5 Å². The smallest absolute Gasteiger partial charge is 0.325 e. The zero-order chi connectivity index (χ0) is 20.4. The van der Waals surface area contributed by atoms with Crippen molar-refractivity contribution in [2.24, 2.45) is 0 Å². The predicted octanol–water partition coefficient (Wildman–Crippen LogP) is 4.25. The Morgan fingerprint density at radius 1 is 1.14 bits per heavy atom. The Labute approximate surface area is 174 Å². The van der Waals surface area contributed by atoms with Gasteiger partial charge >= 0.3 is 6.03 Å². The second-order valence-corrected chi connectivity index (χ2v) is 7.71. The molecule has 2 aliphatic rings. The fraction of sp³-hybridized carbons (Fsp3) is 0.364. The molecule has 152 valence electrons. The van der Waals surface area contributed by atoms with Crippen LogP contribution in [0.2, 0.25) is 5.02 Å². The highest BCUT2D eigenvalue weighted by Gasteiger charge is 2.51. The molecule has 0 radical (unpaired) electrons. The van der Waals surface area contributed by atoms with Crippen LogP contribution in [0.3, 0.4) is 0 Å². The van der Waals surface area contributed by atoms with E-state index in [-0.39, 0.29) is 12.5 Å². The van der Waals surface area contributed by atoms with E-state index >= 15 is 0 Å². The van der Waals surface area contributed by atoms with Gasteiger partial charge in [0.05, 0.1) is 24.8 Å². The van der Waals surface area contributed by atoms with E-state index in [0.717, 1.165) is 18.4 Å². The summed E-state index contributed by atoms with van der Waals surface area (Å²) in [6.07, 6.45) is 2.05. The van der Waals surface area contributed by atoms with Crippen LogP contribution in [0.4, 0.5) is 4.79 Å². The molecule has 0 spiro atoms. The van der Waals surface area contributed by atoms with Gasteiger partial charge in [0.2, 0.25) is 0 Å². The fourth-order valence-electron chi connectivity index (χ4n) is 3.93. The van der Waals surface area contributed by atoms with Crippen molar-refractivity contribution in [3.63, 3.8) is 0 Å². The Morgan fingerprint density at radius 3 is 2.66 bits per heavy atom. The van der Waals surface area contributed by atoms with Crippen molar-refractivity contribution in [1.29, 1.82) is 0 Å². The van der Waals surface area contributed by atoms with E-state index in [2.05, 4.69) is 5.32 Å². The first-order valence-electron chi connectivity index (χ1n) is 9.83. The largest absolute Gasteiger partial charge is 0.489 e. The summed E-state index contributed by atoms with van der Waals surface area (Å²) in [6.45, 7) is 3.18. The molecule has 4 rings (SSSR count). The summed E-state index contributed by atoms with van der Waals surface area (Å²) in [5, 5.41) is 3.35. The number of ether oxygens (including phenoxy) is 2. The molecule has 7 heteroatoms. The Hall–Kier alpha value is -2.73. The van der Waals surface area contributed by atoms with Gasteiger partial charge in [-0.1, -0.05) is 55.3 Å². The van der Waals surface area contributed by atoms with E-state index in [0.29, 0.717) is 41.7 Å². The quantitative estimate of drug-likeness (QED) is 0.743. The zero-order valence-corrected chi connectivity index (χ0v) is 17.0. The summed E-state index contributed by atoms with van der Waals surface area (Å²) in [6, 6.07) is 12.5. The SMILES string of the molecule is CCC[C@]1(c2ccccc2)NC(=O)N(Cc2cc(Cl)c3c(c2)OCCCO3)C1=O. The molecular weight excluding hydrogens is 392 g/mol. The molecule has 0 aromatic heterocycles. The third kappa shape index (κ3) is 3.53. The van der Waals surface area contributed by atoms with E-state index in [9.17, 15) is 9.59 Å². The van der Waals surface area contributed by atoms with Gasteiger partial charge in [0.25, 0.3) is 5.91 Å². The van der Waals surface area contributed by atoms with E-state index in [1.54, 1.807) is 12.1 Å². The second-order valence-electron chi connectivity index (χ2n) is 7.30. The third-order valence-corrected chi connectivity index (χ3v) is 5.55. The molecule has 0 saturated carbocycles. The Bertz CT molecular complexity index is 934. The number of hydrogen-bond donors (Lipinski definition) is 1. The number of benzene rings is 2. The molecule has 3 amide bonds. The Balaban J connectivity index is 1.65. The van der Waals surface area contributed by atoms with Crippen molar-refractivity contribution in [3.05, 3.63) is 58.6 Å². The van der Waals surface area contributed by atoms with Crippen molar-refractivity contribution in [1.82, 2.24) is 10.2 Å². The van der Waals surface area contributed by atoms with Crippen molar-refractivity contribution in [2.75, 3.05) is 13.2 Å². The molecule has 1 atom stereocenters. The molecule has 1 saturated heterocycles. The lowest BCUT2D eigenvalue weighted by Gasteiger charge is -2.27. The molecule has 0 aliphatic carbocycles. The molecule has 2 aromatic carbocycles. The first-order valence-corrected chi connectivity index (χ1v) is 10.2. The molecular formula is C22H23ClN2O4. The molecule has 0 bridgehead atoms. The van der Waals surface area contributed by atoms with E-state index < -0.39 is 11.6 Å². The molecule has 1 fully saturated rings. The summed E-state index contributed by atoms with van der Waals surface area (Å²) in [5.41, 5.74) is 0.463. The average molecular weight is 415 g/mol. The van der Waals surface area contributed by atoms with Crippen molar-refractivity contribution in [2.45, 2.75) is 38.3 Å². The van der Waals surface area contributed by atoms with Crippen LogP contribution in [0, 0.1) is 0 Å². The number of hydrogen-bond acceptors (Lipinski definition) is 4. The van der Waals surface area contributed by atoms with Crippen LogP contribution >= 0.6 is 11.6 Å². The number of carbonyl (C=O) groups excluding carboxylic acids is 2. The van der Waals surface area contributed by atoms with E-state index in [4.69, 9.17) is 21.1 Å². The Morgan fingerprint density at radius 2 is 1.90 bits per heavy atom. The summed E-state index contributed by atoms with van der Waals surface area (Å²) in [5.74, 6) is 0.799. The lowest BCUT2D eigenvalue weighted by Crippen LogP contribution is -2.43. The summed E-state index contributed by atoms with van der Waals surface area (Å²) < 4.78 is 11.4. The number of urea groups is 1. The number of nitrogens with one attached hydrogen (secondary N) is 1. The predicted molar refractivity (Wildman–Crippen MR) is 109 cm³/mol. The van der Waals surface area contributed by atoms with Crippen LogP contribution < -0.4 is 14.8 Å². The van der Waals surface area contributed by atoms with Crippen molar-refractivity contribution in [3.8, 4) is 11.5 Å². The highest BCUT2D eigenvalue weighted by molar-refractivity contribution is 6.32. The second kappa shape index (κ2) is 7.95. The zero-order valence-electron chi connectivity index (χ0n) is 16.2. The maximum Gasteiger partial charge on any atom is 0.325 e. The number of imide groups is 1. The maximum atomic E-state index is 13.4. The minimum Gasteiger partial charge on any atom is -0.489 e. The molecule has 6 nitrogen and oxygen atoms in total. The highest BCUT2D eigenvalue weighted by Crippen LogP contribution is 2.39. The number of halogens is 1. The van der Waals surface area contributed by atoms with E-state index in [1.165, 1.54) is 4.90 Å². The highest BCUT2D eigenvalue weighted by atomic mass is 35.5. The number of fused-ring (bicyclic) bond motifs is 1. The van der Waals surface area contributed by atoms with Gasteiger partial charge in [-0.2, -0.15) is 0 Å². The maximum absolute atomic E-state index is 13.4. The molecule has 1 N–H and O–H groups in total. The van der Waals surface area contributed by atoms with Gasteiger partial charge in [-0.15, -0.1) is 0 Å². The van der Waals surface area contributed by atoms with E-state index in [1.807, 2.05) is 37.3 Å². The number of carbonyl (C=O) groups is 2. The molecule has 2 heterocycles. The van der Waals surface area contributed by atoms with Crippen LogP contribution in [0.1, 0.15) is 37.3 Å². The van der Waals surface area contributed by atoms with Gasteiger partial charge in [0, 0.05) is 6.42 Å². The number of amides is 3. The number of rotatable bonds is 5. The van der Waals surface area contributed by atoms with Crippen LogP contribution in [-0.4, -0.2) is 30.1 Å². The summed E-state index contributed by atoms with van der Waals surface area (Å²) in [7, 11) is 0. The van der Waals surface area contributed by atoms with Gasteiger partial charge in [0.15, 0.2) is 11.5 Å². The van der Waals surface area contributed by atoms with Crippen LogP contribution in [0.5, 0.6) is 11.5 Å². The first kappa shape index (κ1) is 19.6.